The van der Waals surface area contributed by atoms with Crippen LogP contribution in [0.15, 0.2) is 6.07 Å². The quantitative estimate of drug-likeness (QED) is 0.720. The average Bonchev–Trinajstić information content (AvgIpc) is 2.29. The van der Waals surface area contributed by atoms with Crippen molar-refractivity contribution >= 4 is 5.82 Å². The number of H-pyrrole nitrogens is 1. The minimum absolute atomic E-state index is 0.799. The van der Waals surface area contributed by atoms with Gasteiger partial charge in [-0.2, -0.15) is 5.26 Å². The van der Waals surface area contributed by atoms with E-state index in [1.807, 2.05) is 19.9 Å². The summed E-state index contributed by atoms with van der Waals surface area (Å²) in [5.41, 5.74) is 2.99. The number of aromatic amines is 1. The van der Waals surface area contributed by atoms with Crippen molar-refractivity contribution in [3.63, 3.8) is 0 Å². The van der Waals surface area contributed by atoms with Crippen molar-refractivity contribution in [3.8, 4) is 6.07 Å². The Morgan fingerprint density at radius 2 is 1.94 bits per heavy atom. The number of nitrogens with one attached hydrogen (secondary N) is 1. The summed E-state index contributed by atoms with van der Waals surface area (Å²) < 4.78 is 0. The van der Waals surface area contributed by atoms with Crippen molar-refractivity contribution < 1.29 is 4.98 Å². The predicted molar refractivity (Wildman–Crippen MR) is 63.3 cm³/mol. The fourth-order valence-electron chi connectivity index (χ4n) is 2.36. The Morgan fingerprint density at radius 3 is 2.56 bits per heavy atom. The molecular weight excluding hydrogens is 198 g/mol. The van der Waals surface area contributed by atoms with Gasteiger partial charge in [0.1, 0.15) is 11.6 Å². The van der Waals surface area contributed by atoms with Gasteiger partial charge in [0.15, 0.2) is 0 Å². The van der Waals surface area contributed by atoms with Crippen LogP contribution < -0.4 is 9.88 Å². The zero-order valence-electron chi connectivity index (χ0n) is 10.0. The second kappa shape index (κ2) is 4.52. The smallest absolute Gasteiger partial charge is 0.261 e. The van der Waals surface area contributed by atoms with E-state index >= 15 is 0 Å². The molecule has 2 rings (SSSR count). The number of rotatable bonds is 1. The molecule has 0 aliphatic carbocycles. The maximum absolute atomic E-state index is 9.22. The van der Waals surface area contributed by atoms with Crippen LogP contribution in [0.3, 0.4) is 0 Å². The summed E-state index contributed by atoms with van der Waals surface area (Å²) in [4.78, 5) is 5.65. The molecule has 84 valence electrons. The molecule has 0 saturated carbocycles. The fourth-order valence-corrected chi connectivity index (χ4v) is 2.36. The molecule has 0 spiro atoms. The lowest BCUT2D eigenvalue weighted by Gasteiger charge is -2.22. The monoisotopic (exact) mass is 216 g/mol. The van der Waals surface area contributed by atoms with Crippen molar-refractivity contribution in [2.75, 3.05) is 18.0 Å². The Morgan fingerprint density at radius 1 is 1.25 bits per heavy atom. The van der Waals surface area contributed by atoms with Gasteiger partial charge in [-0.3, -0.25) is 4.90 Å². The van der Waals surface area contributed by atoms with Gasteiger partial charge in [-0.25, -0.2) is 4.98 Å². The van der Waals surface area contributed by atoms with E-state index < -0.39 is 0 Å². The van der Waals surface area contributed by atoms with Gasteiger partial charge in [0.2, 0.25) is 0 Å². The van der Waals surface area contributed by atoms with E-state index in [2.05, 4.69) is 16.0 Å². The van der Waals surface area contributed by atoms with E-state index in [1.54, 1.807) is 0 Å². The number of hydrogen-bond donors (Lipinski definition) is 0. The molecule has 3 heteroatoms. The van der Waals surface area contributed by atoms with Gasteiger partial charge in [0.25, 0.3) is 5.82 Å². The van der Waals surface area contributed by atoms with Crippen molar-refractivity contribution in [3.05, 3.63) is 22.9 Å². The maximum Gasteiger partial charge on any atom is 0.292 e. The highest BCUT2D eigenvalue weighted by atomic mass is 15.2. The molecule has 0 bridgehead atoms. The highest BCUT2D eigenvalue weighted by Crippen LogP contribution is 2.21. The lowest BCUT2D eigenvalue weighted by molar-refractivity contribution is -0.374. The second-order valence-electron chi connectivity index (χ2n) is 4.52. The molecule has 3 nitrogen and oxygen atoms in total. The van der Waals surface area contributed by atoms with Crippen molar-refractivity contribution in [1.29, 1.82) is 5.26 Å². The summed E-state index contributed by atoms with van der Waals surface area (Å²) in [5, 5.41) is 9.22. The molecule has 2 heterocycles. The third-order valence-electron chi connectivity index (χ3n) is 3.16. The van der Waals surface area contributed by atoms with Crippen LogP contribution in [0.1, 0.15) is 36.1 Å². The second-order valence-corrected chi connectivity index (χ2v) is 4.52. The van der Waals surface area contributed by atoms with Crippen LogP contribution in [0, 0.1) is 25.2 Å². The van der Waals surface area contributed by atoms with Crippen molar-refractivity contribution in [2.24, 2.45) is 0 Å². The summed E-state index contributed by atoms with van der Waals surface area (Å²) in [5.74, 6) is 1.01. The molecule has 16 heavy (non-hydrogen) atoms. The first-order valence-corrected chi connectivity index (χ1v) is 5.91. The maximum atomic E-state index is 9.22. The third-order valence-corrected chi connectivity index (χ3v) is 3.16. The largest absolute Gasteiger partial charge is 0.292 e. The van der Waals surface area contributed by atoms with Crippen molar-refractivity contribution in [2.45, 2.75) is 33.1 Å². The molecule has 1 N–H and O–H groups in total. The molecule has 1 aromatic heterocycles. The number of aryl methyl sites for hydroxylation is 2. The van der Waals surface area contributed by atoms with Gasteiger partial charge in [-0.15, -0.1) is 0 Å². The third kappa shape index (κ3) is 2.01. The SMILES string of the molecule is Cc1cc(C)c(C#N)c(N2CCCCC2)[nH+]1. The van der Waals surface area contributed by atoms with E-state index in [-0.39, 0.29) is 0 Å². The highest BCUT2D eigenvalue weighted by molar-refractivity contribution is 5.54. The first kappa shape index (κ1) is 10.9. The number of hydrogen-bond acceptors (Lipinski definition) is 2. The molecule has 1 saturated heterocycles. The Bertz CT molecular complexity index is 426. The van der Waals surface area contributed by atoms with E-state index in [4.69, 9.17) is 0 Å². The summed E-state index contributed by atoms with van der Waals surface area (Å²) in [6, 6.07) is 4.35. The molecule has 0 amide bonds. The van der Waals surface area contributed by atoms with Crippen LogP contribution in [0.4, 0.5) is 5.82 Å². The van der Waals surface area contributed by atoms with Crippen molar-refractivity contribution in [1.82, 2.24) is 0 Å². The molecule has 1 fully saturated rings. The van der Waals surface area contributed by atoms with Gasteiger partial charge >= 0.3 is 0 Å². The van der Waals surface area contributed by atoms with E-state index in [9.17, 15) is 5.26 Å². The lowest BCUT2D eigenvalue weighted by atomic mass is 10.1. The van der Waals surface area contributed by atoms with E-state index in [0.29, 0.717) is 0 Å². The molecule has 0 unspecified atom stereocenters. The van der Waals surface area contributed by atoms with Gasteiger partial charge in [0.05, 0.1) is 18.8 Å². The molecule has 1 aliphatic rings. The number of piperidine rings is 1. The van der Waals surface area contributed by atoms with Gasteiger partial charge in [-0.1, -0.05) is 0 Å². The zero-order valence-corrected chi connectivity index (χ0v) is 10.0. The summed E-state index contributed by atoms with van der Waals surface area (Å²) in [7, 11) is 0. The molecule has 0 radical (unpaired) electrons. The summed E-state index contributed by atoms with van der Waals surface area (Å²) in [6.45, 7) is 6.18. The van der Waals surface area contributed by atoms with Gasteiger partial charge < -0.3 is 0 Å². The number of nitriles is 1. The number of nitrogens with zero attached hydrogens (tertiary/aromatic N) is 2. The Balaban J connectivity index is 2.42. The van der Waals surface area contributed by atoms with E-state index in [1.165, 1.54) is 19.3 Å². The fraction of sp³-hybridized carbons (Fsp3) is 0.538. The minimum Gasteiger partial charge on any atom is -0.261 e. The normalized spacial score (nSPS) is 15.9. The summed E-state index contributed by atoms with van der Waals surface area (Å²) >= 11 is 0. The lowest BCUT2D eigenvalue weighted by Crippen LogP contribution is -2.35. The molecule has 0 aromatic carbocycles. The Hall–Kier alpha value is -1.56. The van der Waals surface area contributed by atoms with Crippen LogP contribution >= 0.6 is 0 Å². The molecule has 0 atom stereocenters. The van der Waals surface area contributed by atoms with E-state index in [0.717, 1.165) is 35.7 Å². The molecular formula is C13H18N3+. The van der Waals surface area contributed by atoms with Crippen LogP contribution in [0.5, 0.6) is 0 Å². The zero-order chi connectivity index (χ0) is 11.5. The molecule has 1 aliphatic heterocycles. The topological polar surface area (TPSA) is 41.2 Å². The Kier molecular flexibility index (Phi) is 3.09. The van der Waals surface area contributed by atoms with Crippen LogP contribution in [0.2, 0.25) is 0 Å². The predicted octanol–water partition coefficient (Wildman–Crippen LogP) is 1.98. The highest BCUT2D eigenvalue weighted by Gasteiger charge is 2.24. The van der Waals surface area contributed by atoms with Crippen LogP contribution in [0.25, 0.3) is 0 Å². The number of aromatic nitrogens is 1. The first-order chi connectivity index (χ1) is 7.72. The van der Waals surface area contributed by atoms with Gasteiger partial charge in [0, 0.05) is 0 Å². The van der Waals surface area contributed by atoms with Crippen LogP contribution in [-0.2, 0) is 0 Å². The number of anilines is 1. The Labute approximate surface area is 96.7 Å². The van der Waals surface area contributed by atoms with Crippen LogP contribution in [-0.4, -0.2) is 13.1 Å². The number of pyridine rings is 1. The standard InChI is InChI=1S/C13H17N3/c1-10-8-11(2)15-13(12(10)9-14)16-6-4-3-5-7-16/h8H,3-7H2,1-2H3/p+1. The van der Waals surface area contributed by atoms with Gasteiger partial charge in [-0.05, 0) is 44.7 Å². The summed E-state index contributed by atoms with van der Waals surface area (Å²) in [6.07, 6.45) is 3.76. The molecule has 1 aromatic rings. The first-order valence-electron chi connectivity index (χ1n) is 5.91. The average molecular weight is 216 g/mol. The minimum atomic E-state index is 0.799.